The summed E-state index contributed by atoms with van der Waals surface area (Å²) < 4.78 is 25.0. The van der Waals surface area contributed by atoms with Gasteiger partial charge in [-0.15, -0.1) is 0 Å². The number of amides is 1. The van der Waals surface area contributed by atoms with E-state index in [9.17, 15) is 19.2 Å². The Hall–Kier alpha value is -4.08. The zero-order valence-corrected chi connectivity index (χ0v) is 18.6. The molecule has 0 saturated heterocycles. The number of carbonyl (C=O) groups excluding carboxylic acids is 4. The third kappa shape index (κ3) is 8.17. The van der Waals surface area contributed by atoms with Crippen LogP contribution < -0.4 is 9.47 Å². The predicted molar refractivity (Wildman–Crippen MR) is 115 cm³/mol. The molecule has 176 valence electrons. The lowest BCUT2D eigenvalue weighted by Crippen LogP contribution is -2.32. The first-order chi connectivity index (χ1) is 15.8. The van der Waals surface area contributed by atoms with Crippen molar-refractivity contribution in [2.45, 2.75) is 6.61 Å². The molecule has 0 heterocycles. The van der Waals surface area contributed by atoms with Crippen molar-refractivity contribution in [2.75, 3.05) is 41.0 Å². The quantitative estimate of drug-likeness (QED) is 0.283. The van der Waals surface area contributed by atoms with Gasteiger partial charge in [0.2, 0.25) is 0 Å². The molecule has 10 nitrogen and oxygen atoms in total. The molecule has 1 amide bonds. The van der Waals surface area contributed by atoms with Crippen molar-refractivity contribution in [3.05, 3.63) is 59.7 Å². The van der Waals surface area contributed by atoms with Crippen LogP contribution in [0.15, 0.2) is 48.5 Å². The molecule has 0 saturated carbocycles. The molecule has 0 N–H and O–H groups in total. The first kappa shape index (κ1) is 25.2. The van der Waals surface area contributed by atoms with E-state index in [-0.39, 0.29) is 30.2 Å². The van der Waals surface area contributed by atoms with Gasteiger partial charge in [0.25, 0.3) is 0 Å². The highest BCUT2D eigenvalue weighted by Crippen LogP contribution is 2.29. The second kappa shape index (κ2) is 12.7. The van der Waals surface area contributed by atoms with Crippen molar-refractivity contribution in [1.82, 2.24) is 4.90 Å². The number of rotatable bonds is 11. The molecule has 0 unspecified atom stereocenters. The molecular formula is C23H25NO9. The van der Waals surface area contributed by atoms with Crippen LogP contribution >= 0.6 is 0 Å². The molecule has 0 radical (unpaired) electrons. The number of hydrogen-bond acceptors (Lipinski definition) is 9. The number of hydrogen-bond donors (Lipinski definition) is 0. The van der Waals surface area contributed by atoms with E-state index in [1.807, 2.05) is 30.3 Å². The molecule has 0 spiro atoms. The van der Waals surface area contributed by atoms with Gasteiger partial charge in [-0.25, -0.2) is 14.4 Å². The molecule has 0 bridgehead atoms. The van der Waals surface area contributed by atoms with Crippen molar-refractivity contribution in [3.8, 4) is 11.5 Å². The Balaban J connectivity index is 2.04. The second-order valence-corrected chi connectivity index (χ2v) is 6.71. The van der Waals surface area contributed by atoms with Gasteiger partial charge in [-0.05, 0) is 23.8 Å². The number of likely N-dealkylation sites (N-methyl/N-ethyl adjacent to an activating group) is 1. The SMILES string of the molecule is COC(=O)COc1ccc(C(=O)CN(C)C(=O)OCc2ccccc2)cc1OCC(=O)OC. The summed E-state index contributed by atoms with van der Waals surface area (Å²) in [6, 6.07) is 13.4. The Bertz CT molecular complexity index is 975. The van der Waals surface area contributed by atoms with Crippen LogP contribution in [0.25, 0.3) is 0 Å². The Morgan fingerprint density at radius 2 is 1.42 bits per heavy atom. The fraction of sp³-hybridized carbons (Fsp3) is 0.304. The van der Waals surface area contributed by atoms with Crippen LogP contribution in [-0.2, 0) is 30.4 Å². The second-order valence-electron chi connectivity index (χ2n) is 6.71. The number of carbonyl (C=O) groups is 4. The Labute approximate surface area is 190 Å². The molecular weight excluding hydrogens is 434 g/mol. The normalized spacial score (nSPS) is 10.0. The molecule has 0 atom stereocenters. The van der Waals surface area contributed by atoms with E-state index >= 15 is 0 Å². The third-order valence-corrected chi connectivity index (χ3v) is 4.31. The molecule has 33 heavy (non-hydrogen) atoms. The molecule has 0 fully saturated rings. The number of benzene rings is 2. The monoisotopic (exact) mass is 459 g/mol. The summed E-state index contributed by atoms with van der Waals surface area (Å²) in [5.74, 6) is -1.51. The smallest absolute Gasteiger partial charge is 0.410 e. The summed E-state index contributed by atoms with van der Waals surface area (Å²) in [7, 11) is 3.85. The largest absolute Gasteiger partial charge is 0.478 e. The predicted octanol–water partition coefficient (Wildman–Crippen LogP) is 2.24. The number of methoxy groups -OCH3 is 2. The summed E-state index contributed by atoms with van der Waals surface area (Å²) in [6.45, 7) is -1.01. The topological polar surface area (TPSA) is 118 Å². The van der Waals surface area contributed by atoms with Gasteiger partial charge in [0.05, 0.1) is 20.8 Å². The molecule has 0 aliphatic heterocycles. The minimum absolute atomic E-state index is 0.0458. The molecule has 0 aromatic heterocycles. The fourth-order valence-corrected chi connectivity index (χ4v) is 2.51. The van der Waals surface area contributed by atoms with Gasteiger partial charge in [0.15, 0.2) is 30.5 Å². The van der Waals surface area contributed by atoms with Crippen LogP contribution in [0, 0.1) is 0 Å². The van der Waals surface area contributed by atoms with Crippen molar-refractivity contribution in [1.29, 1.82) is 0 Å². The zero-order valence-electron chi connectivity index (χ0n) is 18.6. The highest BCUT2D eigenvalue weighted by molar-refractivity contribution is 5.99. The maximum absolute atomic E-state index is 12.7. The van der Waals surface area contributed by atoms with Gasteiger partial charge in [-0.1, -0.05) is 30.3 Å². The standard InChI is InChI=1S/C23H25NO9/c1-24(23(28)33-13-16-7-5-4-6-8-16)12-18(25)17-9-10-19(31-14-21(26)29-2)20(11-17)32-15-22(27)30-3/h4-11H,12-15H2,1-3H3. The van der Waals surface area contributed by atoms with Crippen LogP contribution in [0.5, 0.6) is 11.5 Å². The van der Waals surface area contributed by atoms with E-state index in [1.54, 1.807) is 0 Å². The summed E-state index contributed by atoms with van der Waals surface area (Å²) in [5.41, 5.74) is 1.02. The van der Waals surface area contributed by atoms with Crippen molar-refractivity contribution in [3.63, 3.8) is 0 Å². The van der Waals surface area contributed by atoms with Gasteiger partial charge in [-0.3, -0.25) is 4.79 Å². The van der Waals surface area contributed by atoms with Crippen molar-refractivity contribution >= 4 is 23.8 Å². The van der Waals surface area contributed by atoms with Gasteiger partial charge < -0.3 is 28.6 Å². The van der Waals surface area contributed by atoms with Gasteiger partial charge in [0, 0.05) is 12.6 Å². The molecule has 2 rings (SSSR count). The average molecular weight is 459 g/mol. The molecule has 2 aromatic carbocycles. The Morgan fingerprint density at radius 3 is 2.03 bits per heavy atom. The van der Waals surface area contributed by atoms with Crippen molar-refractivity contribution in [2.24, 2.45) is 0 Å². The average Bonchev–Trinajstić information content (AvgIpc) is 2.84. The molecule has 0 aliphatic carbocycles. The minimum atomic E-state index is -0.660. The maximum atomic E-state index is 12.7. The van der Waals surface area contributed by atoms with Crippen LogP contribution in [0.3, 0.4) is 0 Å². The van der Waals surface area contributed by atoms with Crippen LogP contribution in [0.4, 0.5) is 4.79 Å². The van der Waals surface area contributed by atoms with E-state index in [1.165, 1.54) is 39.5 Å². The molecule has 10 heteroatoms. The number of ether oxygens (including phenoxy) is 5. The van der Waals surface area contributed by atoms with E-state index in [4.69, 9.17) is 14.2 Å². The first-order valence-electron chi connectivity index (χ1n) is 9.82. The van der Waals surface area contributed by atoms with Gasteiger partial charge >= 0.3 is 18.0 Å². The van der Waals surface area contributed by atoms with E-state index in [0.29, 0.717) is 0 Å². The molecule has 2 aromatic rings. The van der Waals surface area contributed by atoms with Gasteiger partial charge in [0.1, 0.15) is 6.61 Å². The van der Waals surface area contributed by atoms with Crippen LogP contribution in [0.2, 0.25) is 0 Å². The highest BCUT2D eigenvalue weighted by Gasteiger charge is 2.19. The third-order valence-electron chi connectivity index (χ3n) is 4.31. The summed E-state index contributed by atoms with van der Waals surface area (Å²) in [5, 5.41) is 0. The summed E-state index contributed by atoms with van der Waals surface area (Å²) in [6.07, 6.45) is -0.660. The van der Waals surface area contributed by atoms with Gasteiger partial charge in [-0.2, -0.15) is 0 Å². The number of Topliss-reactive ketones (excluding diaryl/α,β-unsaturated/α-hetero) is 1. The lowest BCUT2D eigenvalue weighted by atomic mass is 10.1. The fourth-order valence-electron chi connectivity index (χ4n) is 2.51. The minimum Gasteiger partial charge on any atom is -0.478 e. The lowest BCUT2D eigenvalue weighted by Gasteiger charge is -2.17. The van der Waals surface area contributed by atoms with Crippen LogP contribution in [0.1, 0.15) is 15.9 Å². The Morgan fingerprint density at radius 1 is 0.818 bits per heavy atom. The zero-order chi connectivity index (χ0) is 24.2. The summed E-state index contributed by atoms with van der Waals surface area (Å²) in [4.78, 5) is 48.8. The number of esters is 2. The van der Waals surface area contributed by atoms with Crippen LogP contribution in [-0.4, -0.2) is 69.7 Å². The van der Waals surface area contributed by atoms with E-state index < -0.39 is 37.0 Å². The summed E-state index contributed by atoms with van der Waals surface area (Å²) >= 11 is 0. The first-order valence-corrected chi connectivity index (χ1v) is 9.82. The lowest BCUT2D eigenvalue weighted by molar-refractivity contribution is -0.144. The van der Waals surface area contributed by atoms with E-state index in [2.05, 4.69) is 9.47 Å². The number of ketones is 1. The Kier molecular flexibility index (Phi) is 9.69. The highest BCUT2D eigenvalue weighted by atomic mass is 16.6. The van der Waals surface area contributed by atoms with Crippen molar-refractivity contribution < 1.29 is 42.9 Å². The molecule has 0 aliphatic rings. The van der Waals surface area contributed by atoms with E-state index in [0.717, 1.165) is 10.5 Å². The number of nitrogens with zero attached hydrogens (tertiary/aromatic N) is 1. The maximum Gasteiger partial charge on any atom is 0.410 e.